The number of fused-ring (bicyclic) bond motifs is 1. The second-order valence-electron chi connectivity index (χ2n) is 7.25. The Morgan fingerprint density at radius 3 is 2.86 bits per heavy atom. The summed E-state index contributed by atoms with van der Waals surface area (Å²) in [5.41, 5.74) is 0.952. The van der Waals surface area contributed by atoms with Gasteiger partial charge >= 0.3 is 0 Å². The highest BCUT2D eigenvalue weighted by atomic mass is 35.5. The number of nitrogens with zero attached hydrogens (tertiary/aromatic N) is 3. The molecule has 0 spiro atoms. The predicted octanol–water partition coefficient (Wildman–Crippen LogP) is 3.50. The first-order valence-corrected chi connectivity index (χ1v) is 11.0. The lowest BCUT2D eigenvalue weighted by Gasteiger charge is -2.31. The Labute approximate surface area is 179 Å². The van der Waals surface area contributed by atoms with Gasteiger partial charge in [-0.15, -0.1) is 0 Å². The third-order valence-corrected chi connectivity index (χ3v) is 6.07. The molecule has 1 fully saturated rings. The summed E-state index contributed by atoms with van der Waals surface area (Å²) in [4.78, 5) is 23.3. The Kier molecular flexibility index (Phi) is 6.30. The van der Waals surface area contributed by atoms with Crippen LogP contribution in [0.25, 0.3) is 0 Å². The molecule has 0 bridgehead atoms. The summed E-state index contributed by atoms with van der Waals surface area (Å²) < 4.78 is 10.7. The van der Waals surface area contributed by atoms with E-state index in [0.29, 0.717) is 22.6 Å². The third kappa shape index (κ3) is 5.25. The van der Waals surface area contributed by atoms with Gasteiger partial charge in [0.15, 0.2) is 16.7 Å². The van der Waals surface area contributed by atoms with E-state index in [1.807, 2.05) is 18.2 Å². The van der Waals surface area contributed by atoms with Crippen molar-refractivity contribution in [2.45, 2.75) is 31.5 Å². The summed E-state index contributed by atoms with van der Waals surface area (Å²) in [5, 5.41) is 3.82. The SMILES string of the molecule is CC1CCN(c2cc(Cl)nc(SCC(=O)NCc3ccc4c(c3)OCO4)n2)CC1. The van der Waals surface area contributed by atoms with Crippen molar-refractivity contribution in [1.82, 2.24) is 15.3 Å². The number of hydrogen-bond donors (Lipinski definition) is 1. The number of aromatic nitrogens is 2. The van der Waals surface area contributed by atoms with E-state index in [2.05, 4.69) is 27.1 Å². The normalized spacial score (nSPS) is 16.1. The molecule has 29 heavy (non-hydrogen) atoms. The molecule has 1 aromatic carbocycles. The van der Waals surface area contributed by atoms with Crippen LogP contribution in [-0.2, 0) is 11.3 Å². The minimum atomic E-state index is -0.0930. The number of carbonyl (C=O) groups is 1. The van der Waals surface area contributed by atoms with Gasteiger partial charge in [-0.1, -0.05) is 36.4 Å². The van der Waals surface area contributed by atoms with Gasteiger partial charge in [0.1, 0.15) is 11.0 Å². The molecule has 1 saturated heterocycles. The van der Waals surface area contributed by atoms with Crippen LogP contribution < -0.4 is 19.7 Å². The van der Waals surface area contributed by atoms with Gasteiger partial charge in [0.2, 0.25) is 12.7 Å². The van der Waals surface area contributed by atoms with Crippen molar-refractivity contribution in [3.05, 3.63) is 35.0 Å². The molecule has 1 amide bonds. The zero-order valence-electron chi connectivity index (χ0n) is 16.2. The van der Waals surface area contributed by atoms with E-state index in [1.54, 1.807) is 6.07 Å². The molecule has 4 rings (SSSR count). The highest BCUT2D eigenvalue weighted by Gasteiger charge is 2.19. The predicted molar refractivity (Wildman–Crippen MR) is 113 cm³/mol. The molecule has 0 radical (unpaired) electrons. The molecule has 0 aliphatic carbocycles. The molecule has 2 aromatic rings. The molecular weight excluding hydrogens is 412 g/mol. The van der Waals surface area contributed by atoms with Crippen LogP contribution in [0.15, 0.2) is 29.4 Å². The number of piperidine rings is 1. The van der Waals surface area contributed by atoms with Crippen LogP contribution in [0.5, 0.6) is 11.5 Å². The van der Waals surface area contributed by atoms with E-state index in [1.165, 1.54) is 11.8 Å². The Morgan fingerprint density at radius 1 is 1.24 bits per heavy atom. The van der Waals surface area contributed by atoms with Crippen molar-refractivity contribution in [2.75, 3.05) is 30.5 Å². The zero-order chi connectivity index (χ0) is 20.2. The monoisotopic (exact) mass is 434 g/mol. The summed E-state index contributed by atoms with van der Waals surface area (Å²) in [6.07, 6.45) is 2.29. The summed E-state index contributed by atoms with van der Waals surface area (Å²) >= 11 is 7.47. The Hall–Kier alpha value is -2.19. The van der Waals surface area contributed by atoms with Gasteiger partial charge in [0, 0.05) is 25.7 Å². The van der Waals surface area contributed by atoms with Crippen LogP contribution >= 0.6 is 23.4 Å². The van der Waals surface area contributed by atoms with Crippen LogP contribution in [0.4, 0.5) is 5.82 Å². The lowest BCUT2D eigenvalue weighted by atomic mass is 9.99. The number of amides is 1. The molecule has 1 N–H and O–H groups in total. The van der Waals surface area contributed by atoms with E-state index < -0.39 is 0 Å². The van der Waals surface area contributed by atoms with Gasteiger partial charge in [-0.3, -0.25) is 4.79 Å². The van der Waals surface area contributed by atoms with Crippen molar-refractivity contribution < 1.29 is 14.3 Å². The summed E-state index contributed by atoms with van der Waals surface area (Å²) in [6, 6.07) is 7.43. The first-order chi connectivity index (χ1) is 14.1. The standard InChI is InChI=1S/C20H23ClN4O3S/c1-13-4-6-25(7-5-13)18-9-17(21)23-20(24-18)29-11-19(26)22-10-14-2-3-15-16(8-14)28-12-27-15/h2-3,8-9,13H,4-7,10-12H2,1H3,(H,22,26). The molecule has 154 valence electrons. The van der Waals surface area contributed by atoms with E-state index in [4.69, 9.17) is 21.1 Å². The topological polar surface area (TPSA) is 76.6 Å². The maximum atomic E-state index is 12.2. The number of halogens is 1. The average molecular weight is 435 g/mol. The first-order valence-electron chi connectivity index (χ1n) is 9.64. The van der Waals surface area contributed by atoms with Crippen molar-refractivity contribution in [1.29, 1.82) is 0 Å². The third-order valence-electron chi connectivity index (χ3n) is 5.03. The summed E-state index contributed by atoms with van der Waals surface area (Å²) in [6.45, 7) is 4.86. The quantitative estimate of drug-likeness (QED) is 0.423. The first kappa shape index (κ1) is 20.1. The van der Waals surface area contributed by atoms with E-state index in [-0.39, 0.29) is 18.5 Å². The summed E-state index contributed by atoms with van der Waals surface area (Å²) in [5.74, 6) is 3.14. The van der Waals surface area contributed by atoms with Crippen LogP contribution in [0.3, 0.4) is 0 Å². The van der Waals surface area contributed by atoms with Crippen LogP contribution in [0, 0.1) is 5.92 Å². The number of hydrogen-bond acceptors (Lipinski definition) is 7. The lowest BCUT2D eigenvalue weighted by Crippen LogP contribution is -2.33. The average Bonchev–Trinajstić information content (AvgIpc) is 3.19. The van der Waals surface area contributed by atoms with Gasteiger partial charge in [-0.25, -0.2) is 9.97 Å². The zero-order valence-corrected chi connectivity index (χ0v) is 17.8. The Morgan fingerprint density at radius 2 is 2.03 bits per heavy atom. The Bertz CT molecular complexity index is 890. The number of nitrogens with one attached hydrogen (secondary N) is 1. The van der Waals surface area contributed by atoms with Crippen LogP contribution in [0.2, 0.25) is 5.15 Å². The van der Waals surface area contributed by atoms with Gasteiger partial charge in [-0.05, 0) is 36.5 Å². The van der Waals surface area contributed by atoms with Gasteiger partial charge in [0.05, 0.1) is 5.75 Å². The fourth-order valence-electron chi connectivity index (χ4n) is 3.28. The molecule has 9 heteroatoms. The molecule has 3 heterocycles. The molecular formula is C20H23ClN4O3S. The van der Waals surface area contributed by atoms with Crippen LogP contribution in [-0.4, -0.2) is 41.5 Å². The number of carbonyl (C=O) groups excluding carboxylic acids is 1. The largest absolute Gasteiger partial charge is 0.454 e. The molecule has 7 nitrogen and oxygen atoms in total. The smallest absolute Gasteiger partial charge is 0.231 e. The molecule has 2 aliphatic heterocycles. The van der Waals surface area contributed by atoms with Crippen molar-refractivity contribution in [2.24, 2.45) is 5.92 Å². The lowest BCUT2D eigenvalue weighted by molar-refractivity contribution is -0.118. The molecule has 2 aliphatic rings. The van der Waals surface area contributed by atoms with E-state index in [9.17, 15) is 4.79 Å². The number of benzene rings is 1. The summed E-state index contributed by atoms with van der Waals surface area (Å²) in [7, 11) is 0. The molecule has 1 aromatic heterocycles. The van der Waals surface area contributed by atoms with Crippen LogP contribution in [0.1, 0.15) is 25.3 Å². The van der Waals surface area contributed by atoms with Crippen molar-refractivity contribution in [3.63, 3.8) is 0 Å². The number of ether oxygens (including phenoxy) is 2. The second-order valence-corrected chi connectivity index (χ2v) is 8.58. The minimum Gasteiger partial charge on any atom is -0.454 e. The molecule has 0 saturated carbocycles. The van der Waals surface area contributed by atoms with Gasteiger partial charge < -0.3 is 19.7 Å². The number of anilines is 1. The Balaban J connectivity index is 1.29. The van der Waals surface area contributed by atoms with Crippen molar-refractivity contribution in [3.8, 4) is 11.5 Å². The second kappa shape index (κ2) is 9.09. The van der Waals surface area contributed by atoms with Gasteiger partial charge in [-0.2, -0.15) is 0 Å². The highest BCUT2D eigenvalue weighted by molar-refractivity contribution is 7.99. The number of thioether (sulfide) groups is 1. The molecule has 0 unspecified atom stereocenters. The fraction of sp³-hybridized carbons (Fsp3) is 0.450. The molecule has 0 atom stereocenters. The maximum absolute atomic E-state index is 12.2. The fourth-order valence-corrected chi connectivity index (χ4v) is 4.19. The number of rotatable bonds is 6. The minimum absolute atomic E-state index is 0.0930. The maximum Gasteiger partial charge on any atom is 0.231 e. The highest BCUT2D eigenvalue weighted by Crippen LogP contribution is 2.32. The van der Waals surface area contributed by atoms with E-state index >= 15 is 0 Å². The van der Waals surface area contributed by atoms with Gasteiger partial charge in [0.25, 0.3) is 0 Å². The van der Waals surface area contributed by atoms with Crippen molar-refractivity contribution >= 4 is 35.1 Å². The van der Waals surface area contributed by atoms with E-state index in [0.717, 1.165) is 49.0 Å².